The molecule has 0 saturated carbocycles. The van der Waals surface area contributed by atoms with Crippen molar-refractivity contribution in [2.45, 2.75) is 25.2 Å². The second kappa shape index (κ2) is 10.6. The molecule has 1 aromatic heterocycles. The smallest absolute Gasteiger partial charge is 0.271 e. The van der Waals surface area contributed by atoms with Crippen molar-refractivity contribution in [1.82, 2.24) is 19.0 Å². The van der Waals surface area contributed by atoms with Gasteiger partial charge >= 0.3 is 0 Å². The van der Waals surface area contributed by atoms with Crippen LogP contribution in [0, 0.1) is 11.3 Å². The van der Waals surface area contributed by atoms with Crippen molar-refractivity contribution < 1.29 is 18.0 Å². The average molecular weight is 530 g/mol. The van der Waals surface area contributed by atoms with E-state index < -0.39 is 21.8 Å². The summed E-state index contributed by atoms with van der Waals surface area (Å²) in [7, 11) is -0.779. The highest BCUT2D eigenvalue weighted by Gasteiger charge is 2.35. The van der Waals surface area contributed by atoms with Gasteiger partial charge in [-0.3, -0.25) is 14.5 Å². The molecule has 3 aromatic rings. The van der Waals surface area contributed by atoms with E-state index >= 15 is 0 Å². The maximum atomic E-state index is 13.4. The Kier molecular flexibility index (Phi) is 7.44. The molecule has 0 spiro atoms. The van der Waals surface area contributed by atoms with E-state index in [-0.39, 0.29) is 28.2 Å². The summed E-state index contributed by atoms with van der Waals surface area (Å²) in [6.07, 6.45) is 3.89. The van der Waals surface area contributed by atoms with E-state index in [1.54, 1.807) is 36.0 Å². The third-order valence-corrected chi connectivity index (χ3v) is 8.03. The lowest BCUT2D eigenvalue weighted by atomic mass is 9.93. The first-order valence-corrected chi connectivity index (χ1v) is 13.4. The molecule has 194 valence electrons. The van der Waals surface area contributed by atoms with Crippen LogP contribution in [0.3, 0.4) is 0 Å². The van der Waals surface area contributed by atoms with Crippen LogP contribution in [-0.2, 0) is 19.6 Å². The minimum Gasteiger partial charge on any atom is -0.274 e. The molecule has 2 aromatic carbocycles. The number of carbonyl (C=O) groups excluding carboxylic acids is 2. The van der Waals surface area contributed by atoms with E-state index in [0.29, 0.717) is 23.2 Å². The van der Waals surface area contributed by atoms with Crippen molar-refractivity contribution in [3.05, 3.63) is 83.1 Å². The topological polar surface area (TPSA) is 116 Å². The fourth-order valence-electron chi connectivity index (χ4n) is 4.16. The molecule has 2 amide bonds. The first-order chi connectivity index (χ1) is 18.1. The van der Waals surface area contributed by atoms with E-state index in [1.165, 1.54) is 26.2 Å². The third kappa shape index (κ3) is 4.81. The number of nitriles is 1. The lowest BCUT2D eigenvalue weighted by Crippen LogP contribution is -2.43. The van der Waals surface area contributed by atoms with Gasteiger partial charge in [-0.1, -0.05) is 37.3 Å². The standard InChI is InChI=1S/C28H27N5O4S/c1-5-14-32-27(34)24(19(2)25(17-29)28(32)35)16-21-18-33(22-11-7-6-8-12-22)30-26(21)20-10-9-13-23(15-20)38(36,37)31(3)4/h6-13,15-16,18H,5,14H2,1-4H3/b24-16+. The van der Waals surface area contributed by atoms with Crippen LogP contribution in [0.4, 0.5) is 0 Å². The normalized spacial score (nSPS) is 15.5. The molecule has 0 bridgehead atoms. The molecule has 1 aliphatic heterocycles. The highest BCUT2D eigenvalue weighted by atomic mass is 32.2. The molecule has 4 rings (SSSR count). The van der Waals surface area contributed by atoms with Gasteiger partial charge in [0, 0.05) is 43.5 Å². The Labute approximate surface area is 222 Å². The summed E-state index contributed by atoms with van der Waals surface area (Å²) in [5, 5.41) is 14.4. The molecule has 0 saturated heterocycles. The Bertz CT molecular complexity index is 1630. The predicted molar refractivity (Wildman–Crippen MR) is 143 cm³/mol. The number of rotatable bonds is 7. The van der Waals surface area contributed by atoms with Crippen LogP contribution in [-0.4, -0.2) is 59.9 Å². The summed E-state index contributed by atoms with van der Waals surface area (Å²) >= 11 is 0. The number of benzene rings is 2. The van der Waals surface area contributed by atoms with Gasteiger partial charge in [-0.05, 0) is 49.3 Å². The van der Waals surface area contributed by atoms with Gasteiger partial charge in [-0.25, -0.2) is 17.4 Å². The lowest BCUT2D eigenvalue weighted by Gasteiger charge is -2.27. The maximum absolute atomic E-state index is 13.4. The molecule has 0 fully saturated rings. The van der Waals surface area contributed by atoms with Crippen LogP contribution >= 0.6 is 0 Å². The fraction of sp³-hybridized carbons (Fsp3) is 0.214. The van der Waals surface area contributed by atoms with E-state index in [2.05, 4.69) is 0 Å². The first kappa shape index (κ1) is 26.7. The molecule has 38 heavy (non-hydrogen) atoms. The third-order valence-electron chi connectivity index (χ3n) is 6.22. The zero-order valence-corrected chi connectivity index (χ0v) is 22.4. The number of aromatic nitrogens is 2. The zero-order chi connectivity index (χ0) is 27.6. The van der Waals surface area contributed by atoms with Crippen LogP contribution in [0.5, 0.6) is 0 Å². The van der Waals surface area contributed by atoms with Gasteiger partial charge in [0.25, 0.3) is 11.8 Å². The predicted octanol–water partition coefficient (Wildman–Crippen LogP) is 3.79. The van der Waals surface area contributed by atoms with Gasteiger partial charge in [-0.15, -0.1) is 0 Å². The molecule has 1 aliphatic rings. The number of sulfonamides is 1. The Balaban J connectivity index is 1.96. The number of carbonyl (C=O) groups is 2. The summed E-state index contributed by atoms with van der Waals surface area (Å²) < 4.78 is 28.4. The zero-order valence-electron chi connectivity index (χ0n) is 21.5. The second-order valence-electron chi connectivity index (χ2n) is 8.96. The van der Waals surface area contributed by atoms with Crippen LogP contribution in [0.25, 0.3) is 23.0 Å². The van der Waals surface area contributed by atoms with Crippen molar-refractivity contribution in [3.63, 3.8) is 0 Å². The van der Waals surface area contributed by atoms with E-state index in [9.17, 15) is 23.3 Å². The summed E-state index contributed by atoms with van der Waals surface area (Å²) in [6, 6.07) is 17.7. The highest BCUT2D eigenvalue weighted by molar-refractivity contribution is 7.89. The molecule has 9 nitrogen and oxygen atoms in total. The van der Waals surface area contributed by atoms with Gasteiger partial charge in [0.05, 0.1) is 10.6 Å². The van der Waals surface area contributed by atoms with Gasteiger partial charge in [-0.2, -0.15) is 10.4 Å². The minimum atomic E-state index is -3.70. The van der Waals surface area contributed by atoms with Gasteiger partial charge in [0.15, 0.2) is 0 Å². The largest absolute Gasteiger partial charge is 0.274 e. The fourth-order valence-corrected chi connectivity index (χ4v) is 5.10. The first-order valence-electron chi connectivity index (χ1n) is 12.0. The minimum absolute atomic E-state index is 0.0830. The summed E-state index contributed by atoms with van der Waals surface area (Å²) in [4.78, 5) is 27.3. The van der Waals surface area contributed by atoms with Crippen LogP contribution in [0.1, 0.15) is 25.8 Å². The molecule has 0 aliphatic carbocycles. The maximum Gasteiger partial charge on any atom is 0.271 e. The van der Waals surface area contributed by atoms with E-state index in [1.807, 2.05) is 43.3 Å². The molecule has 0 radical (unpaired) electrons. The molecule has 0 N–H and O–H groups in total. The van der Waals surface area contributed by atoms with Crippen molar-refractivity contribution in [2.24, 2.45) is 0 Å². The number of nitrogens with zero attached hydrogens (tertiary/aromatic N) is 5. The number of hydrogen-bond acceptors (Lipinski definition) is 6. The molecule has 0 unspecified atom stereocenters. The Morgan fingerprint density at radius 2 is 1.76 bits per heavy atom. The van der Waals surface area contributed by atoms with Gasteiger partial charge < -0.3 is 0 Å². The van der Waals surface area contributed by atoms with Crippen molar-refractivity contribution in [1.29, 1.82) is 5.26 Å². The number of imide groups is 1. The van der Waals surface area contributed by atoms with Crippen LogP contribution in [0.2, 0.25) is 0 Å². The van der Waals surface area contributed by atoms with Crippen LogP contribution in [0.15, 0.2) is 82.4 Å². The van der Waals surface area contributed by atoms with E-state index in [4.69, 9.17) is 5.10 Å². The molecular weight excluding hydrogens is 502 g/mol. The molecule has 2 heterocycles. The summed E-state index contributed by atoms with van der Waals surface area (Å²) in [6.45, 7) is 3.61. The van der Waals surface area contributed by atoms with Gasteiger partial charge in [0.2, 0.25) is 10.0 Å². The lowest BCUT2D eigenvalue weighted by molar-refractivity contribution is -0.140. The number of hydrogen-bond donors (Lipinski definition) is 0. The monoisotopic (exact) mass is 529 g/mol. The SMILES string of the molecule is CCCN1C(=O)C(C#N)=C(C)/C(=C\c2cn(-c3ccccc3)nc2-c2cccc(S(=O)(=O)N(C)C)c2)C1=O. The number of amides is 2. The highest BCUT2D eigenvalue weighted by Crippen LogP contribution is 2.32. The van der Waals surface area contributed by atoms with Crippen LogP contribution < -0.4 is 0 Å². The summed E-state index contributed by atoms with van der Waals surface area (Å²) in [5.41, 5.74) is 2.67. The van der Waals surface area contributed by atoms with Crippen molar-refractivity contribution >= 4 is 27.9 Å². The van der Waals surface area contributed by atoms with Crippen molar-refractivity contribution in [3.8, 4) is 23.0 Å². The number of para-hydroxylation sites is 1. The molecule has 10 heteroatoms. The summed E-state index contributed by atoms with van der Waals surface area (Å²) in [5.74, 6) is -1.09. The van der Waals surface area contributed by atoms with E-state index in [0.717, 1.165) is 14.9 Å². The Morgan fingerprint density at radius 3 is 2.39 bits per heavy atom. The quantitative estimate of drug-likeness (QED) is 0.340. The second-order valence-corrected chi connectivity index (χ2v) is 11.1. The molecule has 0 atom stereocenters. The molecular formula is C28H27N5O4S. The average Bonchev–Trinajstić information content (AvgIpc) is 3.34. The van der Waals surface area contributed by atoms with Gasteiger partial charge in [0.1, 0.15) is 17.3 Å². The Morgan fingerprint density at radius 1 is 1.05 bits per heavy atom. The van der Waals surface area contributed by atoms with Crippen molar-refractivity contribution in [2.75, 3.05) is 20.6 Å². The Hall–Kier alpha value is -4.33.